The van der Waals surface area contributed by atoms with Gasteiger partial charge in [0.1, 0.15) is 6.61 Å². The third-order valence-electron chi connectivity index (χ3n) is 14.1. The van der Waals surface area contributed by atoms with E-state index in [9.17, 15) is 9.59 Å². The summed E-state index contributed by atoms with van der Waals surface area (Å²) in [5.74, 6) is -0.382. The molecule has 5 heteroatoms. The number of allylic oxidation sites excluding steroid dienone is 6. The molecule has 0 aliphatic carbocycles. The highest BCUT2D eigenvalue weighted by Gasteiger charge is 2.18. The summed E-state index contributed by atoms with van der Waals surface area (Å²) in [4.78, 5) is 25.6. The number of rotatable bonds is 59. The first-order valence-electron chi connectivity index (χ1n) is 31.5. The number of esters is 2. The van der Waals surface area contributed by atoms with Crippen molar-refractivity contribution in [3.63, 3.8) is 0 Å². The van der Waals surface area contributed by atoms with Crippen molar-refractivity contribution in [2.24, 2.45) is 0 Å². The number of ether oxygens (including phenoxy) is 3. The Labute approximate surface area is 438 Å². The topological polar surface area (TPSA) is 61.8 Å². The second kappa shape index (κ2) is 61.4. The minimum Gasteiger partial charge on any atom is -0.462 e. The van der Waals surface area contributed by atoms with Gasteiger partial charge in [-0.05, 0) is 77.0 Å². The summed E-state index contributed by atoms with van der Waals surface area (Å²) < 4.78 is 17.5. The van der Waals surface area contributed by atoms with Gasteiger partial charge < -0.3 is 14.2 Å². The molecule has 0 aromatic heterocycles. The van der Waals surface area contributed by atoms with Crippen LogP contribution in [0.25, 0.3) is 0 Å². The van der Waals surface area contributed by atoms with E-state index in [4.69, 9.17) is 14.2 Å². The van der Waals surface area contributed by atoms with Crippen LogP contribution in [0.15, 0.2) is 36.5 Å². The summed E-state index contributed by atoms with van der Waals surface area (Å²) in [7, 11) is 0. The average Bonchev–Trinajstić information content (AvgIpc) is 3.36. The van der Waals surface area contributed by atoms with Crippen LogP contribution in [0.4, 0.5) is 0 Å². The van der Waals surface area contributed by atoms with Crippen molar-refractivity contribution in [3.8, 4) is 0 Å². The Balaban J connectivity index is 4.24. The van der Waals surface area contributed by atoms with Crippen LogP contribution < -0.4 is 0 Å². The Morgan fingerprint density at radius 3 is 0.986 bits per heavy atom. The van der Waals surface area contributed by atoms with Gasteiger partial charge in [-0.15, -0.1) is 0 Å². The highest BCUT2D eigenvalue weighted by Crippen LogP contribution is 2.17. The fraction of sp³-hybridized carbons (Fsp3) is 0.877. The van der Waals surface area contributed by atoms with E-state index in [1.165, 1.54) is 263 Å². The van der Waals surface area contributed by atoms with Crippen molar-refractivity contribution >= 4 is 11.9 Å². The molecule has 0 aromatic rings. The second-order valence-corrected chi connectivity index (χ2v) is 21.3. The Hall–Kier alpha value is -1.88. The van der Waals surface area contributed by atoms with Crippen LogP contribution in [0.5, 0.6) is 0 Å². The van der Waals surface area contributed by atoms with Crippen LogP contribution in [0.3, 0.4) is 0 Å². The molecular formula is C65H122O5. The fourth-order valence-electron chi connectivity index (χ4n) is 9.42. The van der Waals surface area contributed by atoms with Gasteiger partial charge in [0.15, 0.2) is 6.10 Å². The molecule has 70 heavy (non-hydrogen) atoms. The molecule has 0 aliphatic heterocycles. The van der Waals surface area contributed by atoms with Crippen LogP contribution >= 0.6 is 0 Å². The molecule has 0 saturated heterocycles. The highest BCUT2D eigenvalue weighted by molar-refractivity contribution is 5.70. The molecule has 0 aliphatic rings. The largest absolute Gasteiger partial charge is 0.462 e. The molecule has 1 atom stereocenters. The summed E-state index contributed by atoms with van der Waals surface area (Å²) in [5.41, 5.74) is 0. The zero-order valence-corrected chi connectivity index (χ0v) is 47.6. The van der Waals surface area contributed by atoms with E-state index >= 15 is 0 Å². The monoisotopic (exact) mass is 983 g/mol. The third kappa shape index (κ3) is 58.7. The number of hydrogen-bond donors (Lipinski definition) is 0. The molecule has 0 rings (SSSR count). The smallest absolute Gasteiger partial charge is 0.306 e. The van der Waals surface area contributed by atoms with E-state index < -0.39 is 6.10 Å². The lowest BCUT2D eigenvalue weighted by Crippen LogP contribution is -2.30. The van der Waals surface area contributed by atoms with Crippen molar-refractivity contribution in [1.29, 1.82) is 0 Å². The molecule has 0 heterocycles. The second-order valence-electron chi connectivity index (χ2n) is 21.3. The molecule has 0 bridgehead atoms. The lowest BCUT2D eigenvalue weighted by Gasteiger charge is -2.18. The minimum atomic E-state index is -0.539. The number of hydrogen-bond acceptors (Lipinski definition) is 5. The van der Waals surface area contributed by atoms with Gasteiger partial charge in [0.2, 0.25) is 0 Å². The molecule has 0 N–H and O–H groups in total. The average molecular weight is 984 g/mol. The van der Waals surface area contributed by atoms with Crippen molar-refractivity contribution in [2.75, 3.05) is 19.8 Å². The molecule has 5 nitrogen and oxygen atoms in total. The van der Waals surface area contributed by atoms with Gasteiger partial charge in [0.05, 0.1) is 6.61 Å². The van der Waals surface area contributed by atoms with Gasteiger partial charge in [-0.2, -0.15) is 0 Å². The summed E-state index contributed by atoms with van der Waals surface area (Å²) >= 11 is 0. The van der Waals surface area contributed by atoms with Crippen LogP contribution in [0.2, 0.25) is 0 Å². The number of carbonyl (C=O) groups is 2. The number of carbonyl (C=O) groups excluding carboxylic acids is 2. The SMILES string of the molecule is CCCCC/C=C\C/C=C\CCCCCCCCCCOCC(COC(=O)CCCCCCCCCCCCCCCCCCCCC)OC(=O)CCCCCCCCC/C=C\CCCCCCCC. The van der Waals surface area contributed by atoms with E-state index in [1.807, 2.05) is 0 Å². The number of unbranched alkanes of at least 4 members (excludes halogenated alkanes) is 42. The zero-order chi connectivity index (χ0) is 50.6. The predicted molar refractivity (Wildman–Crippen MR) is 307 cm³/mol. The molecule has 0 aromatic carbocycles. The zero-order valence-electron chi connectivity index (χ0n) is 47.6. The molecular weight excluding hydrogens is 861 g/mol. The molecule has 0 amide bonds. The molecule has 0 saturated carbocycles. The lowest BCUT2D eigenvalue weighted by atomic mass is 10.0. The molecule has 0 radical (unpaired) electrons. The Bertz CT molecular complexity index is 1110. The summed E-state index contributed by atoms with van der Waals surface area (Å²) in [6, 6.07) is 0. The highest BCUT2D eigenvalue weighted by atomic mass is 16.6. The van der Waals surface area contributed by atoms with E-state index in [0.717, 1.165) is 44.9 Å². The normalized spacial score (nSPS) is 12.3. The fourth-order valence-corrected chi connectivity index (χ4v) is 9.42. The van der Waals surface area contributed by atoms with Crippen LogP contribution in [0, 0.1) is 0 Å². The van der Waals surface area contributed by atoms with Gasteiger partial charge in [-0.25, -0.2) is 0 Å². The van der Waals surface area contributed by atoms with Crippen molar-refractivity contribution in [3.05, 3.63) is 36.5 Å². The predicted octanol–water partition coefficient (Wildman–Crippen LogP) is 21.7. The Kier molecular flexibility index (Phi) is 59.8. The van der Waals surface area contributed by atoms with E-state index in [0.29, 0.717) is 19.4 Å². The summed E-state index contributed by atoms with van der Waals surface area (Å²) in [6.07, 6.45) is 76.0. The maximum absolute atomic E-state index is 12.9. The maximum atomic E-state index is 12.9. The van der Waals surface area contributed by atoms with Crippen molar-refractivity contribution in [2.45, 2.75) is 348 Å². The van der Waals surface area contributed by atoms with E-state index in [-0.39, 0.29) is 25.2 Å². The molecule has 0 spiro atoms. The third-order valence-corrected chi connectivity index (χ3v) is 14.1. The van der Waals surface area contributed by atoms with Gasteiger partial charge in [0.25, 0.3) is 0 Å². The molecule has 0 fully saturated rings. The summed E-state index contributed by atoms with van der Waals surface area (Å²) in [5, 5.41) is 0. The van der Waals surface area contributed by atoms with Gasteiger partial charge in [-0.3, -0.25) is 9.59 Å². The standard InChI is InChI=1S/C65H122O5/c1-4-7-10-13-16-19-22-25-28-31-33-35-37-40-43-46-49-52-55-58-64(66)69-62-63(61-68-60-57-54-51-48-45-42-39-36-32-29-26-23-20-17-14-11-8-5-2)70-65(67)59-56-53-50-47-44-41-38-34-30-27-24-21-18-15-12-9-6-3/h17,20,26-27,29-30,63H,4-16,18-19,21-25,28,31-62H2,1-3H3/b20-17-,29-26-,30-27-. The first-order valence-corrected chi connectivity index (χ1v) is 31.5. The molecule has 1 unspecified atom stereocenters. The van der Waals surface area contributed by atoms with Gasteiger partial charge in [0, 0.05) is 19.4 Å². The molecule has 412 valence electrons. The van der Waals surface area contributed by atoms with Crippen LogP contribution in [-0.4, -0.2) is 37.9 Å². The lowest BCUT2D eigenvalue weighted by molar-refractivity contribution is -0.163. The van der Waals surface area contributed by atoms with Crippen LogP contribution in [-0.2, 0) is 23.8 Å². The first-order chi connectivity index (χ1) is 34.6. The van der Waals surface area contributed by atoms with Crippen molar-refractivity contribution < 1.29 is 23.8 Å². The minimum absolute atomic E-state index is 0.0872. The summed E-state index contributed by atoms with van der Waals surface area (Å²) in [6.45, 7) is 7.86. The quantitative estimate of drug-likeness (QED) is 0.0345. The van der Waals surface area contributed by atoms with Crippen molar-refractivity contribution in [1.82, 2.24) is 0 Å². The Morgan fingerprint density at radius 1 is 0.314 bits per heavy atom. The van der Waals surface area contributed by atoms with E-state index in [1.54, 1.807) is 0 Å². The van der Waals surface area contributed by atoms with Gasteiger partial charge in [-0.1, -0.05) is 288 Å². The van der Waals surface area contributed by atoms with Crippen LogP contribution in [0.1, 0.15) is 342 Å². The van der Waals surface area contributed by atoms with E-state index in [2.05, 4.69) is 57.2 Å². The first kappa shape index (κ1) is 68.1. The maximum Gasteiger partial charge on any atom is 0.306 e. The Morgan fingerprint density at radius 2 is 0.600 bits per heavy atom. The van der Waals surface area contributed by atoms with Gasteiger partial charge >= 0.3 is 11.9 Å².